The summed E-state index contributed by atoms with van der Waals surface area (Å²) in [7, 11) is 0. The van der Waals surface area contributed by atoms with Crippen LogP contribution in [0.4, 0.5) is 0 Å². The van der Waals surface area contributed by atoms with Crippen molar-refractivity contribution in [3.8, 4) is 0 Å². The molecule has 2 aromatic carbocycles. The SMILES string of the molecule is CC1CN(Cc2ccc(CNC(=O)C(C)C(N)c3ccccc3)cc2)CC(C)O1. The third-order valence-corrected chi connectivity index (χ3v) is 5.53. The summed E-state index contributed by atoms with van der Waals surface area (Å²) in [6.07, 6.45) is 0.551. The Morgan fingerprint density at radius 1 is 1.07 bits per heavy atom. The van der Waals surface area contributed by atoms with Gasteiger partial charge >= 0.3 is 0 Å². The number of nitrogens with one attached hydrogen (secondary N) is 1. The van der Waals surface area contributed by atoms with Gasteiger partial charge in [-0.3, -0.25) is 9.69 Å². The largest absolute Gasteiger partial charge is 0.373 e. The maximum atomic E-state index is 12.5. The lowest BCUT2D eigenvalue weighted by Gasteiger charge is -2.35. The Hall–Kier alpha value is -2.21. The molecule has 0 bridgehead atoms. The second-order valence-corrected chi connectivity index (χ2v) is 8.21. The van der Waals surface area contributed by atoms with E-state index in [9.17, 15) is 4.79 Å². The number of carbonyl (C=O) groups excluding carboxylic acids is 1. The van der Waals surface area contributed by atoms with Crippen molar-refractivity contribution in [2.24, 2.45) is 11.7 Å². The van der Waals surface area contributed by atoms with E-state index in [4.69, 9.17) is 10.5 Å². The van der Waals surface area contributed by atoms with Crippen molar-refractivity contribution in [3.05, 3.63) is 71.3 Å². The molecule has 1 amide bonds. The van der Waals surface area contributed by atoms with Crippen molar-refractivity contribution in [2.75, 3.05) is 13.1 Å². The summed E-state index contributed by atoms with van der Waals surface area (Å²) < 4.78 is 5.80. The van der Waals surface area contributed by atoms with E-state index in [1.165, 1.54) is 5.56 Å². The van der Waals surface area contributed by atoms with Crippen LogP contribution in [0.25, 0.3) is 0 Å². The molecule has 2 aromatic rings. The predicted octanol–water partition coefficient (Wildman–Crippen LogP) is 3.25. The van der Waals surface area contributed by atoms with E-state index in [0.29, 0.717) is 6.54 Å². The Kier molecular flexibility index (Phi) is 7.42. The van der Waals surface area contributed by atoms with Crippen LogP contribution in [0.15, 0.2) is 54.6 Å². The summed E-state index contributed by atoms with van der Waals surface area (Å²) in [5.74, 6) is -0.316. The molecule has 156 valence electrons. The van der Waals surface area contributed by atoms with Gasteiger partial charge in [-0.2, -0.15) is 0 Å². The number of hydrogen-bond donors (Lipinski definition) is 2. The van der Waals surface area contributed by atoms with Gasteiger partial charge in [0.25, 0.3) is 0 Å². The molecule has 3 N–H and O–H groups in total. The Labute approximate surface area is 174 Å². The van der Waals surface area contributed by atoms with Crippen molar-refractivity contribution in [1.82, 2.24) is 10.2 Å². The minimum atomic E-state index is -0.308. The normalized spacial score (nSPS) is 22.1. The second kappa shape index (κ2) is 10.0. The van der Waals surface area contributed by atoms with Gasteiger partial charge in [-0.1, -0.05) is 61.5 Å². The standard InChI is InChI=1S/C24H33N3O2/c1-17-14-27(15-18(2)29-17)16-21-11-9-20(10-12-21)13-26-24(28)19(3)23(25)22-7-5-4-6-8-22/h4-12,17-19,23H,13-16,25H2,1-3H3,(H,26,28). The molecule has 0 aromatic heterocycles. The lowest BCUT2D eigenvalue weighted by molar-refractivity contribution is -0.125. The molecule has 1 aliphatic rings. The number of nitrogens with two attached hydrogens (primary N) is 1. The zero-order valence-corrected chi connectivity index (χ0v) is 17.7. The van der Waals surface area contributed by atoms with Gasteiger partial charge in [0.05, 0.1) is 18.1 Å². The third kappa shape index (κ3) is 6.13. The Morgan fingerprint density at radius 2 is 1.66 bits per heavy atom. The van der Waals surface area contributed by atoms with Crippen LogP contribution >= 0.6 is 0 Å². The van der Waals surface area contributed by atoms with Gasteiger partial charge in [0.15, 0.2) is 0 Å². The zero-order valence-electron chi connectivity index (χ0n) is 17.7. The summed E-state index contributed by atoms with van der Waals surface area (Å²) in [5, 5.41) is 3.02. The second-order valence-electron chi connectivity index (χ2n) is 8.21. The zero-order chi connectivity index (χ0) is 20.8. The van der Waals surface area contributed by atoms with Crippen LogP contribution in [0, 0.1) is 5.92 Å². The first-order chi connectivity index (χ1) is 13.9. The van der Waals surface area contributed by atoms with Crippen molar-refractivity contribution in [2.45, 2.75) is 52.1 Å². The smallest absolute Gasteiger partial charge is 0.225 e. The molecule has 0 aliphatic carbocycles. The summed E-state index contributed by atoms with van der Waals surface area (Å²) in [5.41, 5.74) is 9.61. The lowest BCUT2D eigenvalue weighted by atomic mass is 9.94. The van der Waals surface area contributed by atoms with E-state index in [1.807, 2.05) is 37.3 Å². The number of nitrogens with zero attached hydrogens (tertiary/aromatic N) is 1. The molecule has 0 spiro atoms. The van der Waals surface area contributed by atoms with Gasteiger partial charge in [-0.25, -0.2) is 0 Å². The molecule has 1 aliphatic heterocycles. The van der Waals surface area contributed by atoms with Crippen LogP contribution in [-0.2, 0) is 22.6 Å². The van der Waals surface area contributed by atoms with E-state index in [2.05, 4.69) is 48.3 Å². The van der Waals surface area contributed by atoms with Gasteiger partial charge in [-0.15, -0.1) is 0 Å². The average Bonchev–Trinajstić information content (AvgIpc) is 2.72. The average molecular weight is 396 g/mol. The molecule has 1 fully saturated rings. The lowest BCUT2D eigenvalue weighted by Crippen LogP contribution is -2.44. The van der Waals surface area contributed by atoms with Crippen LogP contribution in [0.2, 0.25) is 0 Å². The minimum Gasteiger partial charge on any atom is -0.373 e. The Bertz CT molecular complexity index is 768. The maximum absolute atomic E-state index is 12.5. The molecule has 1 heterocycles. The molecular weight excluding hydrogens is 362 g/mol. The molecule has 0 saturated carbocycles. The first kappa shape index (κ1) is 21.5. The van der Waals surface area contributed by atoms with Crippen LogP contribution in [0.3, 0.4) is 0 Å². The van der Waals surface area contributed by atoms with E-state index in [-0.39, 0.29) is 30.1 Å². The first-order valence-electron chi connectivity index (χ1n) is 10.5. The number of benzene rings is 2. The topological polar surface area (TPSA) is 67.6 Å². The molecule has 5 nitrogen and oxygen atoms in total. The van der Waals surface area contributed by atoms with Crippen molar-refractivity contribution >= 4 is 5.91 Å². The molecule has 3 rings (SSSR count). The predicted molar refractivity (Wildman–Crippen MR) is 116 cm³/mol. The summed E-state index contributed by atoms with van der Waals surface area (Å²) in [6.45, 7) is 9.48. The quantitative estimate of drug-likeness (QED) is 0.755. The number of ether oxygens (including phenoxy) is 1. The summed E-state index contributed by atoms with van der Waals surface area (Å²) >= 11 is 0. The van der Waals surface area contributed by atoms with Gasteiger partial charge in [0.1, 0.15) is 0 Å². The van der Waals surface area contributed by atoms with Crippen molar-refractivity contribution < 1.29 is 9.53 Å². The third-order valence-electron chi connectivity index (χ3n) is 5.53. The highest BCUT2D eigenvalue weighted by atomic mass is 16.5. The van der Waals surface area contributed by atoms with E-state index in [0.717, 1.165) is 30.8 Å². The van der Waals surface area contributed by atoms with Crippen molar-refractivity contribution in [3.63, 3.8) is 0 Å². The van der Waals surface area contributed by atoms with Gasteiger partial charge in [-0.05, 0) is 30.5 Å². The molecule has 29 heavy (non-hydrogen) atoms. The van der Waals surface area contributed by atoms with E-state index >= 15 is 0 Å². The number of hydrogen-bond acceptors (Lipinski definition) is 4. The highest BCUT2D eigenvalue weighted by Gasteiger charge is 2.23. The summed E-state index contributed by atoms with van der Waals surface area (Å²) in [4.78, 5) is 14.9. The molecule has 4 unspecified atom stereocenters. The van der Waals surface area contributed by atoms with E-state index in [1.54, 1.807) is 0 Å². The minimum absolute atomic E-state index is 0.0262. The monoisotopic (exact) mass is 395 g/mol. The van der Waals surface area contributed by atoms with Gasteiger partial charge < -0.3 is 15.8 Å². The molecule has 4 atom stereocenters. The molecule has 5 heteroatoms. The number of rotatable bonds is 7. The number of morpholine rings is 1. The van der Waals surface area contributed by atoms with Gasteiger partial charge in [0.2, 0.25) is 5.91 Å². The molecule has 0 radical (unpaired) electrons. The highest BCUT2D eigenvalue weighted by Crippen LogP contribution is 2.19. The fraction of sp³-hybridized carbons (Fsp3) is 0.458. The number of amides is 1. The van der Waals surface area contributed by atoms with Crippen LogP contribution in [0.1, 0.15) is 43.5 Å². The molecular formula is C24H33N3O2. The fourth-order valence-electron chi connectivity index (χ4n) is 3.91. The van der Waals surface area contributed by atoms with Crippen LogP contribution in [0.5, 0.6) is 0 Å². The van der Waals surface area contributed by atoms with E-state index < -0.39 is 0 Å². The van der Waals surface area contributed by atoms with Crippen LogP contribution < -0.4 is 11.1 Å². The number of carbonyl (C=O) groups is 1. The molecule has 1 saturated heterocycles. The summed E-state index contributed by atoms with van der Waals surface area (Å²) in [6, 6.07) is 17.9. The highest BCUT2D eigenvalue weighted by molar-refractivity contribution is 5.79. The van der Waals surface area contributed by atoms with Crippen LogP contribution in [-0.4, -0.2) is 36.1 Å². The Morgan fingerprint density at radius 3 is 2.28 bits per heavy atom. The Balaban J connectivity index is 1.49. The van der Waals surface area contributed by atoms with Crippen molar-refractivity contribution in [1.29, 1.82) is 0 Å². The first-order valence-corrected chi connectivity index (χ1v) is 10.5. The fourth-order valence-corrected chi connectivity index (χ4v) is 3.91. The van der Waals surface area contributed by atoms with Gasteiger partial charge in [0, 0.05) is 32.2 Å². The maximum Gasteiger partial charge on any atom is 0.225 e.